The lowest BCUT2D eigenvalue weighted by Crippen LogP contribution is -2.04. The minimum Gasteiger partial charge on any atom is -0.454 e. The Morgan fingerprint density at radius 3 is 1.84 bits per heavy atom. The van der Waals surface area contributed by atoms with Crippen LogP contribution < -0.4 is 0 Å². The van der Waals surface area contributed by atoms with Crippen molar-refractivity contribution in [1.82, 2.24) is 19.5 Å². The summed E-state index contributed by atoms with van der Waals surface area (Å²) in [7, 11) is 0. The highest BCUT2D eigenvalue weighted by molar-refractivity contribution is 7.25. The molecule has 0 spiro atoms. The minimum absolute atomic E-state index is 0.563. The van der Waals surface area contributed by atoms with E-state index >= 15 is 0 Å². The van der Waals surface area contributed by atoms with Crippen molar-refractivity contribution in [2.24, 2.45) is 0 Å². The van der Waals surface area contributed by atoms with E-state index in [1.54, 1.807) is 11.3 Å². The predicted molar refractivity (Wildman–Crippen MR) is 254 cm³/mol. The molecular weight excluding hydrogens is 765 g/mol. The molecule has 0 aliphatic carbocycles. The standard InChI is InChI=1S/C55H32N4OS/c1-2-12-33(13-3-1)34-22-24-35(25-23-34)53-56-54(38-26-27-42-41-18-8-11-21-49(41)61-50(42)32-38)58-55(57-53)44-29-28-43-40-17-7-10-20-48(40)60-52(43)51(44)59-46-19-9-6-16-39(46)45-30-36-14-4-5-15-37(36)31-47(45)59/h1-32H. The number of hydrogen-bond acceptors (Lipinski definition) is 5. The molecular formula is C55H32N4OS. The predicted octanol–water partition coefficient (Wildman–Crippen LogP) is 15.1. The molecule has 0 N–H and O–H groups in total. The zero-order chi connectivity index (χ0) is 40.0. The fourth-order valence-electron chi connectivity index (χ4n) is 9.14. The molecule has 0 atom stereocenters. The van der Waals surface area contributed by atoms with Crippen LogP contribution in [0.15, 0.2) is 199 Å². The van der Waals surface area contributed by atoms with Gasteiger partial charge in [0, 0.05) is 58.4 Å². The molecule has 0 fully saturated rings. The van der Waals surface area contributed by atoms with Crippen LogP contribution in [0.25, 0.3) is 126 Å². The molecule has 0 saturated heterocycles. The molecule has 6 heteroatoms. The normalized spacial score (nSPS) is 11.9. The molecule has 4 heterocycles. The monoisotopic (exact) mass is 796 g/mol. The first-order valence-electron chi connectivity index (χ1n) is 20.4. The van der Waals surface area contributed by atoms with Gasteiger partial charge in [0.05, 0.1) is 11.0 Å². The number of aromatic nitrogens is 4. The highest BCUT2D eigenvalue weighted by Crippen LogP contribution is 2.44. The molecule has 13 aromatic rings. The topological polar surface area (TPSA) is 56.7 Å². The summed E-state index contributed by atoms with van der Waals surface area (Å²) in [6.07, 6.45) is 0. The number of furan rings is 1. The van der Waals surface area contributed by atoms with E-state index in [0.717, 1.165) is 77.2 Å². The molecule has 284 valence electrons. The van der Waals surface area contributed by atoms with Gasteiger partial charge in [-0.25, -0.2) is 15.0 Å². The average Bonchev–Trinajstić information content (AvgIpc) is 4.00. The molecule has 0 aliphatic heterocycles. The Labute approximate surface area is 353 Å². The van der Waals surface area contributed by atoms with E-state index in [2.05, 4.69) is 180 Å². The summed E-state index contributed by atoms with van der Waals surface area (Å²) in [4.78, 5) is 16.0. The summed E-state index contributed by atoms with van der Waals surface area (Å²) in [6, 6.07) is 68.5. The van der Waals surface area contributed by atoms with E-state index < -0.39 is 0 Å². The van der Waals surface area contributed by atoms with Crippen molar-refractivity contribution in [2.45, 2.75) is 0 Å². The third kappa shape index (κ3) is 5.36. The van der Waals surface area contributed by atoms with Crippen molar-refractivity contribution in [1.29, 1.82) is 0 Å². The first-order chi connectivity index (χ1) is 30.2. The SMILES string of the molecule is c1ccc(-c2ccc(-c3nc(-c4ccc5c(c4)sc4ccccc45)nc(-c4ccc5c(oc6ccccc65)c4-n4c5ccccc5c5cc6ccccc6cc54)n3)cc2)cc1. The number of nitrogens with zero attached hydrogens (tertiary/aromatic N) is 4. The first kappa shape index (κ1) is 34.0. The van der Waals surface area contributed by atoms with Crippen molar-refractivity contribution in [3.63, 3.8) is 0 Å². The van der Waals surface area contributed by atoms with Crippen LogP contribution in [-0.2, 0) is 0 Å². The van der Waals surface area contributed by atoms with Gasteiger partial charge in [0.1, 0.15) is 11.3 Å². The maximum Gasteiger partial charge on any atom is 0.166 e. The third-order valence-corrected chi connectivity index (χ3v) is 13.2. The lowest BCUT2D eigenvalue weighted by molar-refractivity contribution is 0.666. The van der Waals surface area contributed by atoms with E-state index in [1.807, 2.05) is 18.2 Å². The summed E-state index contributed by atoms with van der Waals surface area (Å²) in [5.41, 5.74) is 9.61. The van der Waals surface area contributed by atoms with Gasteiger partial charge in [-0.2, -0.15) is 0 Å². The Balaban J connectivity index is 1.11. The largest absolute Gasteiger partial charge is 0.454 e. The summed E-state index contributed by atoms with van der Waals surface area (Å²) < 4.78 is 11.7. The maximum absolute atomic E-state index is 6.93. The van der Waals surface area contributed by atoms with Crippen molar-refractivity contribution < 1.29 is 4.42 Å². The number of para-hydroxylation sites is 2. The molecule has 61 heavy (non-hydrogen) atoms. The molecule has 5 nitrogen and oxygen atoms in total. The number of hydrogen-bond donors (Lipinski definition) is 0. The van der Waals surface area contributed by atoms with E-state index in [9.17, 15) is 0 Å². The molecule has 0 saturated carbocycles. The molecule has 0 radical (unpaired) electrons. The Morgan fingerprint density at radius 1 is 0.377 bits per heavy atom. The Hall–Kier alpha value is -7.93. The Kier molecular flexibility index (Phi) is 7.41. The molecule has 0 bridgehead atoms. The van der Waals surface area contributed by atoms with Gasteiger partial charge in [0.15, 0.2) is 23.1 Å². The average molecular weight is 797 g/mol. The smallest absolute Gasteiger partial charge is 0.166 e. The minimum atomic E-state index is 0.563. The number of rotatable bonds is 5. The highest BCUT2D eigenvalue weighted by atomic mass is 32.1. The van der Waals surface area contributed by atoms with Gasteiger partial charge >= 0.3 is 0 Å². The van der Waals surface area contributed by atoms with Gasteiger partial charge in [-0.05, 0) is 70.4 Å². The van der Waals surface area contributed by atoms with E-state index in [0.29, 0.717) is 17.5 Å². The van der Waals surface area contributed by atoms with Gasteiger partial charge in [0.25, 0.3) is 0 Å². The summed E-state index contributed by atoms with van der Waals surface area (Å²) in [5, 5.41) is 9.26. The van der Waals surface area contributed by atoms with E-state index in [4.69, 9.17) is 19.4 Å². The number of fused-ring (bicyclic) bond motifs is 10. The van der Waals surface area contributed by atoms with Gasteiger partial charge in [-0.15, -0.1) is 11.3 Å². The second-order valence-electron chi connectivity index (χ2n) is 15.6. The van der Waals surface area contributed by atoms with Crippen LogP contribution in [-0.4, -0.2) is 19.5 Å². The first-order valence-corrected chi connectivity index (χ1v) is 21.2. The van der Waals surface area contributed by atoms with Crippen LogP contribution in [0.2, 0.25) is 0 Å². The molecule has 9 aromatic carbocycles. The van der Waals surface area contributed by atoms with Crippen molar-refractivity contribution >= 4 is 86.0 Å². The summed E-state index contributed by atoms with van der Waals surface area (Å²) in [5.74, 6) is 1.77. The summed E-state index contributed by atoms with van der Waals surface area (Å²) in [6.45, 7) is 0. The number of thiophene rings is 1. The molecule has 0 aliphatic rings. The molecule has 13 rings (SSSR count). The maximum atomic E-state index is 6.93. The third-order valence-electron chi connectivity index (χ3n) is 12.0. The zero-order valence-electron chi connectivity index (χ0n) is 32.6. The molecule has 0 amide bonds. The summed E-state index contributed by atoms with van der Waals surface area (Å²) >= 11 is 1.79. The van der Waals surface area contributed by atoms with Gasteiger partial charge in [-0.1, -0.05) is 146 Å². The Morgan fingerprint density at radius 2 is 0.984 bits per heavy atom. The van der Waals surface area contributed by atoms with Crippen molar-refractivity contribution in [3.05, 3.63) is 194 Å². The van der Waals surface area contributed by atoms with Crippen LogP contribution in [0.4, 0.5) is 0 Å². The van der Waals surface area contributed by atoms with Crippen LogP contribution in [0.5, 0.6) is 0 Å². The zero-order valence-corrected chi connectivity index (χ0v) is 33.4. The van der Waals surface area contributed by atoms with E-state index in [1.165, 1.54) is 30.9 Å². The van der Waals surface area contributed by atoms with Crippen LogP contribution in [0.1, 0.15) is 0 Å². The van der Waals surface area contributed by atoms with Crippen molar-refractivity contribution in [3.8, 4) is 51.0 Å². The quantitative estimate of drug-likeness (QED) is 0.174. The Bertz CT molecular complexity index is 3880. The van der Waals surface area contributed by atoms with Crippen LogP contribution in [0, 0.1) is 0 Å². The lowest BCUT2D eigenvalue weighted by Gasteiger charge is -2.15. The fourth-order valence-corrected chi connectivity index (χ4v) is 10.3. The second kappa shape index (κ2) is 13.3. The fraction of sp³-hybridized carbons (Fsp3) is 0. The van der Waals surface area contributed by atoms with Crippen LogP contribution >= 0.6 is 11.3 Å². The van der Waals surface area contributed by atoms with E-state index in [-0.39, 0.29) is 0 Å². The van der Waals surface area contributed by atoms with Crippen LogP contribution in [0.3, 0.4) is 0 Å². The second-order valence-corrected chi connectivity index (χ2v) is 16.6. The van der Waals surface area contributed by atoms with Crippen molar-refractivity contribution in [2.75, 3.05) is 0 Å². The van der Waals surface area contributed by atoms with Gasteiger partial charge < -0.3 is 8.98 Å². The highest BCUT2D eigenvalue weighted by Gasteiger charge is 2.25. The van der Waals surface area contributed by atoms with Gasteiger partial charge in [0.2, 0.25) is 0 Å². The molecule has 4 aromatic heterocycles. The number of benzene rings is 9. The lowest BCUT2D eigenvalue weighted by atomic mass is 10.0. The van der Waals surface area contributed by atoms with Gasteiger partial charge in [-0.3, -0.25) is 0 Å². The molecule has 0 unspecified atom stereocenters.